The minimum Gasteiger partial charge on any atom is -0.342 e. The molecule has 0 aliphatic carbocycles. The number of amides is 1. The maximum Gasteiger partial charge on any atom is 0.261 e. The lowest BCUT2D eigenvalue weighted by atomic mass is 10.3. The molecule has 1 atom stereocenters. The van der Waals surface area contributed by atoms with Gasteiger partial charge in [0.15, 0.2) is 5.82 Å². The number of carbonyl (C=O) groups is 1. The van der Waals surface area contributed by atoms with Crippen molar-refractivity contribution in [2.24, 2.45) is 12.8 Å². The third-order valence-corrected chi connectivity index (χ3v) is 3.62. The van der Waals surface area contributed by atoms with Gasteiger partial charge < -0.3 is 15.6 Å². The van der Waals surface area contributed by atoms with Crippen molar-refractivity contribution in [2.75, 3.05) is 6.54 Å². The summed E-state index contributed by atoms with van der Waals surface area (Å²) in [5.41, 5.74) is 5.31. The summed E-state index contributed by atoms with van der Waals surface area (Å²) in [4.78, 5) is 13.6. The lowest BCUT2D eigenvalue weighted by Crippen LogP contribution is -2.27. The molecule has 0 saturated heterocycles. The molecule has 0 aliphatic heterocycles. The Morgan fingerprint density at radius 3 is 3.05 bits per heavy atom. The van der Waals surface area contributed by atoms with Crippen LogP contribution in [0.1, 0.15) is 33.3 Å². The zero-order valence-corrected chi connectivity index (χ0v) is 12.1. The van der Waals surface area contributed by atoms with Crippen molar-refractivity contribution >= 4 is 17.2 Å². The first kappa shape index (κ1) is 14.2. The highest BCUT2D eigenvalue weighted by Crippen LogP contribution is 2.17. The average Bonchev–Trinajstić information content (AvgIpc) is 3.04. The van der Waals surface area contributed by atoms with Crippen LogP contribution < -0.4 is 11.1 Å². The predicted octanol–water partition coefficient (Wildman–Crippen LogP) is 0.678. The van der Waals surface area contributed by atoms with Crippen molar-refractivity contribution in [3.05, 3.63) is 34.0 Å². The molecule has 0 bridgehead atoms. The zero-order valence-electron chi connectivity index (χ0n) is 11.3. The Balaban J connectivity index is 2.05. The number of aromatic nitrogens is 3. The van der Waals surface area contributed by atoms with Gasteiger partial charge in [0, 0.05) is 7.05 Å². The van der Waals surface area contributed by atoms with E-state index < -0.39 is 0 Å². The summed E-state index contributed by atoms with van der Waals surface area (Å²) in [6, 6.07) is 3.36. The quantitative estimate of drug-likeness (QED) is 0.814. The Morgan fingerprint density at radius 1 is 1.60 bits per heavy atom. The van der Waals surface area contributed by atoms with E-state index in [4.69, 9.17) is 5.73 Å². The van der Waals surface area contributed by atoms with Crippen LogP contribution >= 0.6 is 11.3 Å². The molecule has 0 radical (unpaired) electrons. The lowest BCUT2D eigenvalue weighted by molar-refractivity contribution is 0.0942. The van der Waals surface area contributed by atoms with Gasteiger partial charge >= 0.3 is 0 Å². The highest BCUT2D eigenvalue weighted by molar-refractivity contribution is 7.14. The van der Waals surface area contributed by atoms with Crippen LogP contribution in [0.15, 0.2) is 18.5 Å². The molecule has 0 saturated carbocycles. The molecule has 0 fully saturated rings. The number of carbonyl (C=O) groups excluding carboxylic acids is 1. The number of thiophene rings is 1. The molecule has 2 rings (SSSR count). The van der Waals surface area contributed by atoms with Crippen molar-refractivity contribution in [2.45, 2.75) is 13.0 Å². The molecule has 6 nitrogen and oxygen atoms in total. The summed E-state index contributed by atoms with van der Waals surface area (Å²) in [5.74, 6) is 6.23. The Kier molecular flexibility index (Phi) is 4.50. The van der Waals surface area contributed by atoms with E-state index in [1.54, 1.807) is 17.0 Å². The molecule has 104 valence electrons. The first-order valence-electron chi connectivity index (χ1n) is 6.05. The van der Waals surface area contributed by atoms with E-state index in [2.05, 4.69) is 27.4 Å². The number of aryl methyl sites for hydroxylation is 1. The summed E-state index contributed by atoms with van der Waals surface area (Å²) < 4.78 is 1.78. The van der Waals surface area contributed by atoms with Gasteiger partial charge in [0.25, 0.3) is 5.91 Å². The van der Waals surface area contributed by atoms with Gasteiger partial charge in [-0.1, -0.05) is 11.8 Å². The van der Waals surface area contributed by atoms with Crippen LogP contribution in [0.2, 0.25) is 0 Å². The molecule has 0 spiro atoms. The van der Waals surface area contributed by atoms with Crippen LogP contribution in [-0.4, -0.2) is 27.2 Å². The van der Waals surface area contributed by atoms with Gasteiger partial charge in [0.1, 0.15) is 6.33 Å². The molecule has 1 amide bonds. The third-order valence-electron chi connectivity index (χ3n) is 2.62. The van der Waals surface area contributed by atoms with Crippen molar-refractivity contribution in [1.29, 1.82) is 0 Å². The standard InChI is InChI=1S/C13H15N5OS/c1-9(12-17-15-8-18(12)2)16-13(19)11-6-5-10(20-11)4-3-7-14/h5-6,8-9H,7,14H2,1-2H3,(H,16,19). The van der Waals surface area contributed by atoms with Gasteiger partial charge in [-0.3, -0.25) is 4.79 Å². The van der Waals surface area contributed by atoms with Gasteiger partial charge in [0.2, 0.25) is 0 Å². The maximum atomic E-state index is 12.1. The smallest absolute Gasteiger partial charge is 0.261 e. The van der Waals surface area contributed by atoms with Crippen LogP contribution in [0, 0.1) is 11.8 Å². The van der Waals surface area contributed by atoms with Gasteiger partial charge in [-0.2, -0.15) is 0 Å². The van der Waals surface area contributed by atoms with Gasteiger partial charge in [0.05, 0.1) is 22.3 Å². The second-order valence-electron chi connectivity index (χ2n) is 4.16. The average molecular weight is 289 g/mol. The molecule has 7 heteroatoms. The van der Waals surface area contributed by atoms with Crippen molar-refractivity contribution in [3.63, 3.8) is 0 Å². The molecule has 3 N–H and O–H groups in total. The van der Waals surface area contributed by atoms with Crippen LogP contribution in [0.5, 0.6) is 0 Å². The Hall–Kier alpha value is -2.17. The minimum atomic E-state index is -0.212. The number of nitrogens with two attached hydrogens (primary N) is 1. The van der Waals surface area contributed by atoms with E-state index in [9.17, 15) is 4.79 Å². The fraction of sp³-hybridized carbons (Fsp3) is 0.308. The van der Waals surface area contributed by atoms with Gasteiger partial charge in [-0.25, -0.2) is 0 Å². The van der Waals surface area contributed by atoms with Crippen LogP contribution in [0.25, 0.3) is 0 Å². The SMILES string of the molecule is CC(NC(=O)c1ccc(C#CCN)s1)c1nncn1C. The predicted molar refractivity (Wildman–Crippen MR) is 77.1 cm³/mol. The summed E-state index contributed by atoms with van der Waals surface area (Å²) in [5, 5.41) is 10.7. The fourth-order valence-corrected chi connectivity index (χ4v) is 2.47. The molecule has 2 aromatic heterocycles. The Labute approximate surface area is 121 Å². The first-order valence-corrected chi connectivity index (χ1v) is 6.87. The minimum absolute atomic E-state index is 0.147. The van der Waals surface area contributed by atoms with E-state index >= 15 is 0 Å². The van der Waals surface area contributed by atoms with Crippen LogP contribution in [0.4, 0.5) is 0 Å². The van der Waals surface area contributed by atoms with E-state index in [0.29, 0.717) is 17.2 Å². The molecular formula is C13H15N5OS. The number of nitrogens with one attached hydrogen (secondary N) is 1. The molecule has 0 aliphatic rings. The van der Waals surface area contributed by atoms with E-state index in [-0.39, 0.29) is 11.9 Å². The molecule has 0 aromatic carbocycles. The number of nitrogens with zero attached hydrogens (tertiary/aromatic N) is 3. The monoisotopic (exact) mass is 289 g/mol. The molecular weight excluding hydrogens is 274 g/mol. The van der Waals surface area contributed by atoms with E-state index in [0.717, 1.165) is 4.88 Å². The third kappa shape index (κ3) is 3.23. The molecule has 1 unspecified atom stereocenters. The largest absolute Gasteiger partial charge is 0.342 e. The Morgan fingerprint density at radius 2 is 2.40 bits per heavy atom. The molecule has 2 heterocycles. The van der Waals surface area contributed by atoms with Crippen molar-refractivity contribution < 1.29 is 4.79 Å². The highest BCUT2D eigenvalue weighted by atomic mass is 32.1. The summed E-state index contributed by atoms with van der Waals surface area (Å²) in [6.45, 7) is 2.17. The van der Waals surface area contributed by atoms with Gasteiger partial charge in [-0.05, 0) is 19.1 Å². The van der Waals surface area contributed by atoms with Crippen molar-refractivity contribution in [3.8, 4) is 11.8 Å². The summed E-state index contributed by atoms with van der Waals surface area (Å²) >= 11 is 1.34. The normalized spacial score (nSPS) is 11.6. The van der Waals surface area contributed by atoms with E-state index in [1.807, 2.05) is 20.0 Å². The van der Waals surface area contributed by atoms with Crippen LogP contribution in [-0.2, 0) is 7.05 Å². The molecule has 20 heavy (non-hydrogen) atoms. The topological polar surface area (TPSA) is 85.8 Å². The first-order chi connectivity index (χ1) is 9.61. The second kappa shape index (κ2) is 6.32. The number of hydrogen-bond acceptors (Lipinski definition) is 5. The van der Waals surface area contributed by atoms with E-state index in [1.165, 1.54) is 11.3 Å². The van der Waals surface area contributed by atoms with Gasteiger partial charge in [-0.15, -0.1) is 21.5 Å². The molecule has 2 aromatic rings. The number of rotatable bonds is 3. The lowest BCUT2D eigenvalue weighted by Gasteiger charge is -2.11. The highest BCUT2D eigenvalue weighted by Gasteiger charge is 2.16. The Bertz CT molecular complexity index is 664. The number of hydrogen-bond donors (Lipinski definition) is 2. The summed E-state index contributed by atoms with van der Waals surface area (Å²) in [7, 11) is 1.84. The van der Waals surface area contributed by atoms with Crippen molar-refractivity contribution in [1.82, 2.24) is 20.1 Å². The summed E-state index contributed by atoms with van der Waals surface area (Å²) in [6.07, 6.45) is 1.60. The maximum absolute atomic E-state index is 12.1. The van der Waals surface area contributed by atoms with Crippen LogP contribution in [0.3, 0.4) is 0 Å². The zero-order chi connectivity index (χ0) is 14.5. The fourth-order valence-electron chi connectivity index (χ4n) is 1.68. The second-order valence-corrected chi connectivity index (χ2v) is 5.25.